The summed E-state index contributed by atoms with van der Waals surface area (Å²) < 4.78 is 0. The molecule has 15 heavy (non-hydrogen) atoms. The third-order valence-electron chi connectivity index (χ3n) is 2.74. The molecule has 1 N–H and O–H groups in total. The Bertz CT molecular complexity index is 298. The van der Waals surface area contributed by atoms with E-state index in [1.165, 1.54) is 11.3 Å². The smallest absolute Gasteiger partial charge is 0.0345 e. The minimum Gasteiger partial charge on any atom is -0.383 e. The molecular formula is C13H21NS. The first-order chi connectivity index (χ1) is 7.17. The lowest BCUT2D eigenvalue weighted by atomic mass is 10.1. The second-order valence-electron chi connectivity index (χ2n) is 3.96. The Balaban J connectivity index is 2.74. The summed E-state index contributed by atoms with van der Waals surface area (Å²) in [6.07, 6.45) is 3.31. The molecule has 1 rings (SSSR count). The second-order valence-corrected chi connectivity index (χ2v) is 5.14. The Kier molecular flexibility index (Phi) is 5.03. The van der Waals surface area contributed by atoms with Gasteiger partial charge in [-0.3, -0.25) is 0 Å². The van der Waals surface area contributed by atoms with E-state index >= 15 is 0 Å². The van der Waals surface area contributed by atoms with E-state index in [0.717, 1.165) is 6.42 Å². The lowest BCUT2D eigenvalue weighted by molar-refractivity contribution is 0.764. The minimum atomic E-state index is 0.546. The average Bonchev–Trinajstić information content (AvgIpc) is 2.28. The number of nitrogens with one attached hydrogen (secondary N) is 1. The van der Waals surface area contributed by atoms with Gasteiger partial charge in [0.25, 0.3) is 0 Å². The monoisotopic (exact) mass is 223 g/mol. The van der Waals surface area contributed by atoms with Gasteiger partial charge in [-0.05, 0) is 44.2 Å². The number of hydrogen-bond acceptors (Lipinski definition) is 2. The summed E-state index contributed by atoms with van der Waals surface area (Å²) in [5, 5.41) is 4.07. The van der Waals surface area contributed by atoms with Crippen LogP contribution in [0.1, 0.15) is 38.0 Å². The van der Waals surface area contributed by atoms with Crippen LogP contribution in [0.2, 0.25) is 0 Å². The zero-order valence-electron chi connectivity index (χ0n) is 10.1. The van der Waals surface area contributed by atoms with E-state index in [-0.39, 0.29) is 0 Å². The quantitative estimate of drug-likeness (QED) is 0.797. The van der Waals surface area contributed by atoms with Crippen molar-refractivity contribution in [3.63, 3.8) is 0 Å². The third kappa shape index (κ3) is 3.78. The van der Waals surface area contributed by atoms with Crippen LogP contribution >= 0.6 is 11.8 Å². The molecule has 84 valence electrons. The van der Waals surface area contributed by atoms with Crippen LogP contribution in [0.25, 0.3) is 0 Å². The molecule has 0 spiro atoms. The lowest BCUT2D eigenvalue weighted by Gasteiger charge is -2.15. The maximum atomic E-state index is 3.50. The molecule has 0 amide bonds. The Morgan fingerprint density at radius 1 is 1.33 bits per heavy atom. The van der Waals surface area contributed by atoms with Gasteiger partial charge in [-0.15, -0.1) is 0 Å². The van der Waals surface area contributed by atoms with Crippen molar-refractivity contribution in [2.24, 2.45) is 0 Å². The first kappa shape index (κ1) is 12.4. The van der Waals surface area contributed by atoms with Crippen molar-refractivity contribution in [2.75, 3.05) is 11.6 Å². The molecule has 0 aliphatic rings. The number of thioether (sulfide) groups is 1. The molecule has 1 nitrogen and oxygen atoms in total. The van der Waals surface area contributed by atoms with E-state index in [2.05, 4.69) is 56.6 Å². The molecule has 0 aliphatic heterocycles. The van der Waals surface area contributed by atoms with Gasteiger partial charge in [0.1, 0.15) is 0 Å². The Labute approximate surface area is 97.7 Å². The van der Waals surface area contributed by atoms with Crippen LogP contribution in [-0.4, -0.2) is 12.3 Å². The molecule has 2 unspecified atom stereocenters. The molecule has 1 aromatic carbocycles. The molecule has 0 saturated carbocycles. The molecule has 2 heteroatoms. The maximum Gasteiger partial charge on any atom is 0.0345 e. The number of rotatable bonds is 5. The van der Waals surface area contributed by atoms with Gasteiger partial charge in [-0.1, -0.05) is 19.1 Å². The van der Waals surface area contributed by atoms with Gasteiger partial charge in [0, 0.05) is 17.0 Å². The molecule has 0 radical (unpaired) electrons. The Morgan fingerprint density at radius 2 is 2.07 bits per heavy atom. The highest BCUT2D eigenvalue weighted by Crippen LogP contribution is 2.27. The summed E-state index contributed by atoms with van der Waals surface area (Å²) in [5.41, 5.74) is 2.64. The van der Waals surface area contributed by atoms with Crippen molar-refractivity contribution < 1.29 is 0 Å². The molecule has 2 atom stereocenters. The number of benzene rings is 1. The van der Waals surface area contributed by atoms with E-state index in [1.54, 1.807) is 0 Å². The fourth-order valence-corrected chi connectivity index (χ4v) is 1.82. The highest BCUT2D eigenvalue weighted by Gasteiger charge is 2.04. The lowest BCUT2D eigenvalue weighted by Crippen LogP contribution is -2.13. The van der Waals surface area contributed by atoms with Crippen LogP contribution in [0.5, 0.6) is 0 Å². The third-order valence-corrected chi connectivity index (χ3v) is 3.71. The summed E-state index contributed by atoms with van der Waals surface area (Å²) in [6, 6.07) is 9.27. The fourth-order valence-electron chi connectivity index (χ4n) is 1.40. The van der Waals surface area contributed by atoms with Crippen LogP contribution in [0, 0.1) is 0 Å². The van der Waals surface area contributed by atoms with Crippen molar-refractivity contribution >= 4 is 17.4 Å². The summed E-state index contributed by atoms with van der Waals surface area (Å²) in [4.78, 5) is 0. The van der Waals surface area contributed by atoms with Gasteiger partial charge in [0.2, 0.25) is 0 Å². The van der Waals surface area contributed by atoms with E-state index in [4.69, 9.17) is 0 Å². The first-order valence-corrected chi connectivity index (χ1v) is 6.85. The highest BCUT2D eigenvalue weighted by molar-refractivity contribution is 7.98. The molecule has 0 heterocycles. The number of hydrogen-bond donors (Lipinski definition) is 1. The normalized spacial score (nSPS) is 14.7. The van der Waals surface area contributed by atoms with Gasteiger partial charge in [0.05, 0.1) is 0 Å². The predicted octanol–water partition coefficient (Wildman–Crippen LogP) is 4.32. The minimum absolute atomic E-state index is 0.546. The second kappa shape index (κ2) is 6.06. The van der Waals surface area contributed by atoms with E-state index in [0.29, 0.717) is 11.3 Å². The average molecular weight is 223 g/mol. The van der Waals surface area contributed by atoms with Crippen molar-refractivity contribution in [1.82, 2.24) is 0 Å². The standard InChI is InChI=1S/C13H21NS/c1-5-10(2)14-13-8-6-7-12(9-13)11(3)15-4/h6-11,14H,5H2,1-4H3. The molecule has 0 aromatic heterocycles. The fraction of sp³-hybridized carbons (Fsp3) is 0.538. The van der Waals surface area contributed by atoms with Crippen molar-refractivity contribution in [1.29, 1.82) is 0 Å². The SMILES string of the molecule is CCC(C)Nc1cccc(C(C)SC)c1. The molecule has 1 aromatic rings. The van der Waals surface area contributed by atoms with Crippen LogP contribution in [0.3, 0.4) is 0 Å². The van der Waals surface area contributed by atoms with Crippen LogP contribution in [0.15, 0.2) is 24.3 Å². The molecule has 0 bridgehead atoms. The molecule has 0 aliphatic carbocycles. The molecule has 0 saturated heterocycles. The maximum absolute atomic E-state index is 3.50. The topological polar surface area (TPSA) is 12.0 Å². The van der Waals surface area contributed by atoms with E-state index < -0.39 is 0 Å². The zero-order chi connectivity index (χ0) is 11.3. The highest BCUT2D eigenvalue weighted by atomic mass is 32.2. The summed E-state index contributed by atoms with van der Waals surface area (Å²) >= 11 is 1.88. The van der Waals surface area contributed by atoms with Gasteiger partial charge in [-0.2, -0.15) is 11.8 Å². The molecular weight excluding hydrogens is 202 g/mol. The first-order valence-electron chi connectivity index (χ1n) is 5.56. The van der Waals surface area contributed by atoms with Crippen LogP contribution in [-0.2, 0) is 0 Å². The zero-order valence-corrected chi connectivity index (χ0v) is 10.9. The van der Waals surface area contributed by atoms with Gasteiger partial charge in [0.15, 0.2) is 0 Å². The van der Waals surface area contributed by atoms with E-state index in [9.17, 15) is 0 Å². The molecule has 0 fully saturated rings. The van der Waals surface area contributed by atoms with E-state index in [1.807, 2.05) is 11.8 Å². The summed E-state index contributed by atoms with van der Waals surface area (Å²) in [7, 11) is 0. The largest absolute Gasteiger partial charge is 0.383 e. The van der Waals surface area contributed by atoms with Gasteiger partial charge >= 0.3 is 0 Å². The summed E-state index contributed by atoms with van der Waals surface area (Å²) in [6.45, 7) is 6.66. The van der Waals surface area contributed by atoms with Crippen molar-refractivity contribution in [2.45, 2.75) is 38.5 Å². The van der Waals surface area contributed by atoms with Gasteiger partial charge < -0.3 is 5.32 Å². The van der Waals surface area contributed by atoms with Crippen LogP contribution < -0.4 is 5.32 Å². The van der Waals surface area contributed by atoms with Crippen molar-refractivity contribution in [3.8, 4) is 0 Å². The Morgan fingerprint density at radius 3 is 2.67 bits per heavy atom. The van der Waals surface area contributed by atoms with Gasteiger partial charge in [-0.25, -0.2) is 0 Å². The predicted molar refractivity (Wildman–Crippen MR) is 71.7 cm³/mol. The van der Waals surface area contributed by atoms with Crippen molar-refractivity contribution in [3.05, 3.63) is 29.8 Å². The number of anilines is 1. The van der Waals surface area contributed by atoms with Crippen LogP contribution in [0.4, 0.5) is 5.69 Å². The Hall–Kier alpha value is -0.630. The summed E-state index contributed by atoms with van der Waals surface area (Å²) in [5.74, 6) is 0.